The molecule has 3 rings (SSSR count). The molecule has 2 aromatic heterocycles. The molecule has 0 unspecified atom stereocenters. The lowest BCUT2D eigenvalue weighted by molar-refractivity contribution is -0.114. The highest BCUT2D eigenvalue weighted by atomic mass is 32.1. The van der Waals surface area contributed by atoms with Gasteiger partial charge in [-0.2, -0.15) is 0 Å². The van der Waals surface area contributed by atoms with Crippen LogP contribution < -0.4 is 15.4 Å². The lowest BCUT2D eigenvalue weighted by Crippen LogP contribution is -2.16. The number of carbonyl (C=O) groups is 2. The second kappa shape index (κ2) is 7.40. The minimum atomic E-state index is -0.378. The van der Waals surface area contributed by atoms with Crippen LogP contribution in [0.4, 0.5) is 11.4 Å². The zero-order valence-corrected chi connectivity index (χ0v) is 15.3. The van der Waals surface area contributed by atoms with E-state index in [9.17, 15) is 9.59 Å². The van der Waals surface area contributed by atoms with E-state index in [0.29, 0.717) is 33.6 Å². The summed E-state index contributed by atoms with van der Waals surface area (Å²) in [4.78, 5) is 29.2. The van der Waals surface area contributed by atoms with Gasteiger partial charge in [0.05, 0.1) is 24.7 Å². The first-order chi connectivity index (χ1) is 12.5. The maximum absolute atomic E-state index is 12.7. The van der Waals surface area contributed by atoms with Gasteiger partial charge in [0.15, 0.2) is 10.8 Å². The Labute approximate surface area is 154 Å². The highest BCUT2D eigenvalue weighted by molar-refractivity contribution is 7.15. The van der Waals surface area contributed by atoms with E-state index in [1.54, 1.807) is 36.6 Å². The Morgan fingerprint density at radius 3 is 2.65 bits per heavy atom. The minimum absolute atomic E-state index is 0.240. The van der Waals surface area contributed by atoms with E-state index in [4.69, 9.17) is 9.15 Å². The predicted octanol–water partition coefficient (Wildman–Crippen LogP) is 3.93. The number of amides is 2. The number of aryl methyl sites for hydroxylation is 1. The molecule has 0 aliphatic heterocycles. The number of benzene rings is 1. The Hall–Kier alpha value is -3.13. The summed E-state index contributed by atoms with van der Waals surface area (Å²) in [7, 11) is 1.53. The van der Waals surface area contributed by atoms with Crippen LogP contribution in [0.15, 0.2) is 41.0 Å². The van der Waals surface area contributed by atoms with Crippen molar-refractivity contribution in [3.63, 3.8) is 0 Å². The van der Waals surface area contributed by atoms with E-state index in [0.717, 1.165) is 4.88 Å². The molecule has 2 N–H and O–H groups in total. The van der Waals surface area contributed by atoms with Gasteiger partial charge in [0.1, 0.15) is 11.4 Å². The van der Waals surface area contributed by atoms with Crippen molar-refractivity contribution >= 4 is 34.5 Å². The summed E-state index contributed by atoms with van der Waals surface area (Å²) in [5.74, 6) is 0.546. The molecule has 0 aliphatic carbocycles. The second-order valence-electron chi connectivity index (χ2n) is 5.45. The SMILES string of the molecule is COc1ccc(NC(C)=O)c(NC(=O)c2nc(-c3ccco3)sc2C)c1. The monoisotopic (exact) mass is 371 g/mol. The number of hydrogen-bond donors (Lipinski definition) is 2. The molecule has 0 saturated carbocycles. The third-order valence-corrected chi connectivity index (χ3v) is 4.51. The van der Waals surface area contributed by atoms with E-state index in [2.05, 4.69) is 15.6 Å². The standard InChI is InChI=1S/C18H17N3O4S/c1-10-16(21-18(26-10)15-5-4-8-25-15)17(23)20-14-9-12(24-3)6-7-13(14)19-11(2)22/h4-9H,1-3H3,(H,19,22)(H,20,23). The van der Waals surface area contributed by atoms with Crippen LogP contribution in [0.2, 0.25) is 0 Å². The first-order valence-corrected chi connectivity index (χ1v) is 8.58. The molecule has 1 aromatic carbocycles. The second-order valence-corrected chi connectivity index (χ2v) is 6.65. The Kier molecular flexibility index (Phi) is 5.04. The summed E-state index contributed by atoms with van der Waals surface area (Å²) in [6, 6.07) is 8.55. The largest absolute Gasteiger partial charge is 0.497 e. The number of aromatic nitrogens is 1. The minimum Gasteiger partial charge on any atom is -0.497 e. The maximum Gasteiger partial charge on any atom is 0.275 e. The van der Waals surface area contributed by atoms with Crippen LogP contribution in [0, 0.1) is 6.92 Å². The van der Waals surface area contributed by atoms with E-state index in [1.165, 1.54) is 25.4 Å². The number of thiazole rings is 1. The number of anilines is 2. The van der Waals surface area contributed by atoms with Gasteiger partial charge in [-0.05, 0) is 31.2 Å². The van der Waals surface area contributed by atoms with Crippen molar-refractivity contribution in [2.24, 2.45) is 0 Å². The molecule has 26 heavy (non-hydrogen) atoms. The lowest BCUT2D eigenvalue weighted by atomic mass is 10.2. The number of nitrogens with one attached hydrogen (secondary N) is 2. The number of carbonyl (C=O) groups excluding carboxylic acids is 2. The summed E-state index contributed by atoms with van der Waals surface area (Å²) in [5, 5.41) is 6.10. The normalized spacial score (nSPS) is 10.4. The van der Waals surface area contributed by atoms with Crippen LogP contribution in [0.3, 0.4) is 0 Å². The van der Waals surface area contributed by atoms with Gasteiger partial charge in [-0.3, -0.25) is 9.59 Å². The molecule has 3 aromatic rings. The van der Waals surface area contributed by atoms with Crippen molar-refractivity contribution in [1.29, 1.82) is 0 Å². The summed E-state index contributed by atoms with van der Waals surface area (Å²) >= 11 is 1.37. The van der Waals surface area contributed by atoms with Crippen molar-refractivity contribution < 1.29 is 18.7 Å². The third kappa shape index (κ3) is 3.75. The number of furan rings is 1. The van der Waals surface area contributed by atoms with E-state index >= 15 is 0 Å². The molecule has 0 saturated heterocycles. The fraction of sp³-hybridized carbons (Fsp3) is 0.167. The smallest absolute Gasteiger partial charge is 0.275 e. The average Bonchev–Trinajstić information content (AvgIpc) is 3.25. The molecule has 0 atom stereocenters. The Bertz CT molecular complexity index is 948. The van der Waals surface area contributed by atoms with E-state index in [-0.39, 0.29) is 11.8 Å². The fourth-order valence-corrected chi connectivity index (χ4v) is 3.23. The van der Waals surface area contributed by atoms with Gasteiger partial charge in [0, 0.05) is 17.9 Å². The molecule has 0 radical (unpaired) electrons. The summed E-state index contributed by atoms with van der Waals surface area (Å²) in [6.45, 7) is 3.22. The van der Waals surface area contributed by atoms with Gasteiger partial charge in [-0.25, -0.2) is 4.98 Å². The van der Waals surface area contributed by atoms with Crippen LogP contribution in [0.25, 0.3) is 10.8 Å². The summed E-state index contributed by atoms with van der Waals surface area (Å²) in [6.07, 6.45) is 1.56. The number of methoxy groups -OCH3 is 1. The summed E-state index contributed by atoms with van der Waals surface area (Å²) < 4.78 is 10.5. The highest BCUT2D eigenvalue weighted by Gasteiger charge is 2.19. The van der Waals surface area contributed by atoms with Crippen LogP contribution in [0.5, 0.6) is 5.75 Å². The summed E-state index contributed by atoms with van der Waals surface area (Å²) in [5.41, 5.74) is 1.21. The van der Waals surface area contributed by atoms with Crippen molar-refractivity contribution in [1.82, 2.24) is 4.98 Å². The zero-order chi connectivity index (χ0) is 18.7. The van der Waals surface area contributed by atoms with Gasteiger partial charge >= 0.3 is 0 Å². The van der Waals surface area contributed by atoms with Crippen LogP contribution in [-0.2, 0) is 4.79 Å². The third-order valence-electron chi connectivity index (χ3n) is 3.53. The average molecular weight is 371 g/mol. The molecule has 0 bridgehead atoms. The van der Waals surface area contributed by atoms with Crippen LogP contribution in [-0.4, -0.2) is 23.9 Å². The fourth-order valence-electron chi connectivity index (χ4n) is 2.35. The van der Waals surface area contributed by atoms with Gasteiger partial charge in [-0.15, -0.1) is 11.3 Å². The Morgan fingerprint density at radius 2 is 2.00 bits per heavy atom. The van der Waals surface area contributed by atoms with Gasteiger partial charge in [0.25, 0.3) is 5.91 Å². The van der Waals surface area contributed by atoms with Gasteiger partial charge < -0.3 is 19.8 Å². The molecule has 0 fully saturated rings. The zero-order valence-electron chi connectivity index (χ0n) is 14.5. The number of ether oxygens (including phenoxy) is 1. The molecule has 7 nitrogen and oxygen atoms in total. The molecular formula is C18H17N3O4S. The Balaban J connectivity index is 1.89. The topological polar surface area (TPSA) is 93.5 Å². The predicted molar refractivity (Wildman–Crippen MR) is 99.8 cm³/mol. The maximum atomic E-state index is 12.7. The first-order valence-electron chi connectivity index (χ1n) is 7.76. The van der Waals surface area contributed by atoms with Crippen molar-refractivity contribution in [2.45, 2.75) is 13.8 Å². The number of rotatable bonds is 5. The van der Waals surface area contributed by atoms with E-state index < -0.39 is 0 Å². The molecule has 0 spiro atoms. The van der Waals surface area contributed by atoms with Crippen LogP contribution >= 0.6 is 11.3 Å². The quantitative estimate of drug-likeness (QED) is 0.709. The molecule has 2 amide bonds. The number of nitrogens with zero attached hydrogens (tertiary/aromatic N) is 1. The first kappa shape index (κ1) is 17.7. The van der Waals surface area contributed by atoms with E-state index in [1.807, 2.05) is 6.92 Å². The number of hydrogen-bond acceptors (Lipinski definition) is 6. The van der Waals surface area contributed by atoms with Crippen LogP contribution in [0.1, 0.15) is 22.3 Å². The van der Waals surface area contributed by atoms with Gasteiger partial charge in [-0.1, -0.05) is 0 Å². The van der Waals surface area contributed by atoms with Crippen molar-refractivity contribution in [3.8, 4) is 16.5 Å². The van der Waals surface area contributed by atoms with Crippen molar-refractivity contribution in [2.75, 3.05) is 17.7 Å². The molecule has 0 aliphatic rings. The van der Waals surface area contributed by atoms with Crippen molar-refractivity contribution in [3.05, 3.63) is 47.2 Å². The molecule has 2 heterocycles. The molecule has 8 heteroatoms. The highest BCUT2D eigenvalue weighted by Crippen LogP contribution is 2.30. The van der Waals surface area contributed by atoms with Gasteiger partial charge in [0.2, 0.25) is 5.91 Å². The Morgan fingerprint density at radius 1 is 1.19 bits per heavy atom. The molecule has 134 valence electrons. The lowest BCUT2D eigenvalue weighted by Gasteiger charge is -2.12. The molecular weight excluding hydrogens is 354 g/mol.